The van der Waals surface area contributed by atoms with Gasteiger partial charge in [0.25, 0.3) is 0 Å². The Balaban J connectivity index is 0.00000364. The average Bonchev–Trinajstić information content (AvgIpc) is 3.12. The Labute approximate surface area is 184 Å². The lowest BCUT2D eigenvalue weighted by molar-refractivity contribution is 0.470. The second kappa shape index (κ2) is 13.0. The van der Waals surface area contributed by atoms with Gasteiger partial charge in [0.15, 0.2) is 5.96 Å². The molecule has 0 saturated heterocycles. The number of aryl methyl sites for hydroxylation is 1. The van der Waals surface area contributed by atoms with Crippen molar-refractivity contribution in [2.45, 2.75) is 44.7 Å². The molecule has 1 heterocycles. The highest BCUT2D eigenvalue weighted by Crippen LogP contribution is 2.15. The van der Waals surface area contributed by atoms with Gasteiger partial charge in [-0.25, -0.2) is 0 Å². The number of benzene rings is 1. The van der Waals surface area contributed by atoms with Crippen LogP contribution in [-0.2, 0) is 19.5 Å². The summed E-state index contributed by atoms with van der Waals surface area (Å²) in [5, 5.41) is 11.6. The Morgan fingerprint density at radius 3 is 2.63 bits per heavy atom. The Hall–Kier alpha value is -1.29. The van der Waals surface area contributed by atoms with Gasteiger partial charge < -0.3 is 14.8 Å². The predicted molar refractivity (Wildman–Crippen MR) is 125 cm³/mol. The maximum Gasteiger partial charge on any atom is 0.194 e. The summed E-state index contributed by atoms with van der Waals surface area (Å²) < 4.78 is 2.09. The average molecular weight is 502 g/mol. The number of aliphatic imine (C=N–C) groups is 1. The van der Waals surface area contributed by atoms with Crippen LogP contribution in [0.4, 0.5) is 0 Å². The number of nitrogens with one attached hydrogen (secondary N) is 1. The smallest absolute Gasteiger partial charge is 0.194 e. The molecule has 0 aliphatic heterocycles. The molecule has 0 spiro atoms. The first-order valence-corrected chi connectivity index (χ1v) is 10.4. The fourth-order valence-electron chi connectivity index (χ4n) is 2.64. The molecular weight excluding hydrogens is 471 g/mol. The van der Waals surface area contributed by atoms with Crippen molar-refractivity contribution in [3.05, 3.63) is 42.0 Å². The van der Waals surface area contributed by atoms with Crippen LogP contribution in [0.2, 0.25) is 0 Å². The summed E-state index contributed by atoms with van der Waals surface area (Å²) >= 11 is 1.76. The monoisotopic (exact) mass is 502 g/mol. The third-order valence-electron chi connectivity index (χ3n) is 4.07. The lowest BCUT2D eigenvalue weighted by atomic mass is 10.2. The van der Waals surface area contributed by atoms with Crippen LogP contribution in [0.25, 0.3) is 0 Å². The molecule has 8 heteroatoms. The highest BCUT2D eigenvalue weighted by atomic mass is 127. The third-order valence-corrected chi connectivity index (χ3v) is 4.82. The Bertz CT molecular complexity index is 686. The van der Waals surface area contributed by atoms with Crippen LogP contribution in [-0.4, -0.2) is 52.0 Å². The molecule has 6 nitrogen and oxygen atoms in total. The van der Waals surface area contributed by atoms with E-state index in [9.17, 15) is 0 Å². The number of hydrogen-bond acceptors (Lipinski definition) is 4. The van der Waals surface area contributed by atoms with E-state index in [1.165, 1.54) is 10.5 Å². The molecule has 1 aromatic carbocycles. The van der Waals surface area contributed by atoms with Gasteiger partial charge in [-0.15, -0.1) is 45.9 Å². The highest BCUT2D eigenvalue weighted by molar-refractivity contribution is 14.0. The van der Waals surface area contributed by atoms with E-state index in [0.717, 1.165) is 50.8 Å². The molecule has 0 aliphatic carbocycles. The largest absolute Gasteiger partial charge is 0.354 e. The second-order valence-electron chi connectivity index (χ2n) is 6.13. The van der Waals surface area contributed by atoms with Crippen LogP contribution < -0.4 is 5.32 Å². The zero-order chi connectivity index (χ0) is 18.8. The van der Waals surface area contributed by atoms with Gasteiger partial charge in [-0.2, -0.15) is 0 Å². The molecular formula is C19H31IN6S. The van der Waals surface area contributed by atoms with Gasteiger partial charge in [0.05, 0.1) is 0 Å². The minimum absolute atomic E-state index is 0. The van der Waals surface area contributed by atoms with Crippen LogP contribution in [0.3, 0.4) is 0 Å². The Morgan fingerprint density at radius 1 is 1.26 bits per heavy atom. The molecule has 27 heavy (non-hydrogen) atoms. The summed E-state index contributed by atoms with van der Waals surface area (Å²) in [5.41, 5.74) is 1.28. The molecule has 1 N–H and O–H groups in total. The van der Waals surface area contributed by atoms with E-state index < -0.39 is 0 Å². The zero-order valence-corrected chi connectivity index (χ0v) is 19.8. The van der Waals surface area contributed by atoms with E-state index in [0.29, 0.717) is 0 Å². The van der Waals surface area contributed by atoms with Crippen molar-refractivity contribution < 1.29 is 0 Å². The molecule has 0 bridgehead atoms. The second-order valence-corrected chi connectivity index (χ2v) is 7.01. The maximum absolute atomic E-state index is 4.72. The van der Waals surface area contributed by atoms with E-state index >= 15 is 0 Å². The van der Waals surface area contributed by atoms with Crippen molar-refractivity contribution in [1.29, 1.82) is 0 Å². The topological polar surface area (TPSA) is 58.3 Å². The van der Waals surface area contributed by atoms with Gasteiger partial charge in [0.1, 0.15) is 12.2 Å². The zero-order valence-electron chi connectivity index (χ0n) is 16.7. The van der Waals surface area contributed by atoms with Crippen molar-refractivity contribution in [3.63, 3.8) is 0 Å². The molecule has 2 aromatic rings. The predicted octanol–water partition coefficient (Wildman–Crippen LogP) is 3.67. The summed E-state index contributed by atoms with van der Waals surface area (Å²) in [6.07, 6.45) is 5.82. The normalized spacial score (nSPS) is 11.2. The number of aromatic nitrogens is 3. The SMILES string of the molecule is CCCN=C(NCCn1cnnc1CC)N(C)Cc1ccc(SC)cc1.I. The quantitative estimate of drug-likeness (QED) is 0.246. The van der Waals surface area contributed by atoms with E-state index in [4.69, 9.17) is 4.99 Å². The van der Waals surface area contributed by atoms with E-state index in [1.54, 1.807) is 18.1 Å². The Morgan fingerprint density at radius 2 is 2.00 bits per heavy atom. The third kappa shape index (κ3) is 7.69. The molecule has 0 aliphatic rings. The number of rotatable bonds is 9. The lowest BCUT2D eigenvalue weighted by Gasteiger charge is -2.23. The van der Waals surface area contributed by atoms with Crippen LogP contribution >= 0.6 is 35.7 Å². The first-order chi connectivity index (χ1) is 12.7. The van der Waals surface area contributed by atoms with E-state index in [1.807, 2.05) is 0 Å². The fourth-order valence-corrected chi connectivity index (χ4v) is 3.04. The van der Waals surface area contributed by atoms with Crippen molar-refractivity contribution >= 4 is 41.7 Å². The maximum atomic E-state index is 4.72. The van der Waals surface area contributed by atoms with Crippen LogP contribution in [0.15, 0.2) is 40.5 Å². The molecule has 1 aromatic heterocycles. The van der Waals surface area contributed by atoms with Crippen LogP contribution in [0.5, 0.6) is 0 Å². The van der Waals surface area contributed by atoms with Crippen molar-refractivity contribution in [2.75, 3.05) is 26.4 Å². The molecule has 0 radical (unpaired) electrons. The van der Waals surface area contributed by atoms with Gasteiger partial charge in [-0.3, -0.25) is 4.99 Å². The van der Waals surface area contributed by atoms with Gasteiger partial charge in [0, 0.05) is 44.5 Å². The van der Waals surface area contributed by atoms with Gasteiger partial charge in [0.2, 0.25) is 0 Å². The number of nitrogens with zero attached hydrogens (tertiary/aromatic N) is 5. The van der Waals surface area contributed by atoms with E-state index in [-0.39, 0.29) is 24.0 Å². The van der Waals surface area contributed by atoms with Crippen LogP contribution in [0, 0.1) is 0 Å². The summed E-state index contributed by atoms with van der Waals surface area (Å²) in [4.78, 5) is 8.18. The number of guanidine groups is 1. The number of hydrogen-bond donors (Lipinski definition) is 1. The first kappa shape index (κ1) is 23.7. The Kier molecular flexibility index (Phi) is 11.4. The molecule has 0 atom stereocenters. The number of halogens is 1. The summed E-state index contributed by atoms with van der Waals surface area (Å²) in [7, 11) is 2.08. The molecule has 0 fully saturated rings. The minimum Gasteiger partial charge on any atom is -0.354 e. The van der Waals surface area contributed by atoms with Crippen LogP contribution in [0.1, 0.15) is 31.7 Å². The van der Waals surface area contributed by atoms with Crippen molar-refractivity contribution in [1.82, 2.24) is 25.0 Å². The standard InChI is InChI=1S/C19H30N6S.HI/c1-5-11-20-19(21-12-13-25-15-22-23-18(25)6-2)24(3)14-16-7-9-17(26-4)10-8-16;/h7-10,15H,5-6,11-14H2,1-4H3,(H,20,21);1H. The summed E-state index contributed by atoms with van der Waals surface area (Å²) in [6.45, 7) is 7.52. The first-order valence-electron chi connectivity index (χ1n) is 9.17. The minimum atomic E-state index is 0. The van der Waals surface area contributed by atoms with Gasteiger partial charge in [-0.1, -0.05) is 26.0 Å². The molecule has 0 saturated carbocycles. The fraction of sp³-hybridized carbons (Fsp3) is 0.526. The lowest BCUT2D eigenvalue weighted by Crippen LogP contribution is -2.40. The van der Waals surface area contributed by atoms with Crippen molar-refractivity contribution in [3.8, 4) is 0 Å². The summed E-state index contributed by atoms with van der Waals surface area (Å²) in [5.74, 6) is 1.95. The number of thioether (sulfide) groups is 1. The van der Waals surface area contributed by atoms with Gasteiger partial charge in [-0.05, 0) is 30.4 Å². The highest BCUT2D eigenvalue weighted by Gasteiger charge is 2.08. The molecule has 0 unspecified atom stereocenters. The molecule has 150 valence electrons. The molecule has 0 amide bonds. The van der Waals surface area contributed by atoms with Gasteiger partial charge >= 0.3 is 0 Å². The summed E-state index contributed by atoms with van der Waals surface area (Å²) in [6, 6.07) is 8.71. The van der Waals surface area contributed by atoms with Crippen molar-refractivity contribution in [2.24, 2.45) is 4.99 Å². The molecule has 2 rings (SSSR count). The van der Waals surface area contributed by atoms with E-state index in [2.05, 4.69) is 76.4 Å².